The molecule has 0 bridgehead atoms. The van der Waals surface area contributed by atoms with Gasteiger partial charge in [0.1, 0.15) is 0 Å². The van der Waals surface area contributed by atoms with Crippen LogP contribution in [0.1, 0.15) is 5.56 Å². The molecule has 0 fully saturated rings. The molecule has 0 amide bonds. The van der Waals surface area contributed by atoms with Gasteiger partial charge in [0.2, 0.25) is 5.88 Å². The van der Waals surface area contributed by atoms with E-state index in [0.29, 0.717) is 17.4 Å². The lowest BCUT2D eigenvalue weighted by Crippen LogP contribution is -1.93. The summed E-state index contributed by atoms with van der Waals surface area (Å²) >= 11 is 3.37. The predicted octanol–water partition coefficient (Wildman–Crippen LogP) is 3.95. The Balaban J connectivity index is 2.31. The number of ether oxygens (including phenoxy) is 2. The molecule has 2 rings (SSSR count). The van der Waals surface area contributed by atoms with Crippen LogP contribution in [-0.4, -0.2) is 12.1 Å². The number of aryl methyl sites for hydroxylation is 1. The Hall–Kier alpha value is -1.55. The Labute approximate surface area is 109 Å². The molecular formula is C13H12BrNO2. The van der Waals surface area contributed by atoms with Crippen molar-refractivity contribution >= 4 is 15.9 Å². The molecule has 4 heteroatoms. The number of hydrogen-bond donors (Lipinski definition) is 0. The van der Waals surface area contributed by atoms with Gasteiger partial charge in [-0.25, -0.2) is 4.98 Å². The largest absolute Gasteiger partial charge is 0.493 e. The molecule has 1 heterocycles. The number of benzene rings is 1. The third-order valence-corrected chi connectivity index (χ3v) is 2.71. The quantitative estimate of drug-likeness (QED) is 0.858. The van der Waals surface area contributed by atoms with Gasteiger partial charge in [0.15, 0.2) is 11.5 Å². The van der Waals surface area contributed by atoms with Gasteiger partial charge in [0.25, 0.3) is 0 Å². The predicted molar refractivity (Wildman–Crippen MR) is 69.7 cm³/mol. The van der Waals surface area contributed by atoms with Crippen LogP contribution in [0.5, 0.6) is 17.4 Å². The van der Waals surface area contributed by atoms with Gasteiger partial charge in [0.05, 0.1) is 7.11 Å². The summed E-state index contributed by atoms with van der Waals surface area (Å²) in [6.45, 7) is 1.95. The third-order valence-electron chi connectivity index (χ3n) is 2.27. The van der Waals surface area contributed by atoms with E-state index >= 15 is 0 Å². The zero-order valence-electron chi connectivity index (χ0n) is 9.61. The van der Waals surface area contributed by atoms with Crippen LogP contribution in [0, 0.1) is 6.92 Å². The van der Waals surface area contributed by atoms with Crippen molar-refractivity contribution in [3.8, 4) is 17.4 Å². The summed E-state index contributed by atoms with van der Waals surface area (Å²) in [7, 11) is 1.62. The lowest BCUT2D eigenvalue weighted by Gasteiger charge is -2.10. The highest BCUT2D eigenvalue weighted by Crippen LogP contribution is 2.31. The van der Waals surface area contributed by atoms with Gasteiger partial charge in [-0.2, -0.15) is 0 Å². The maximum Gasteiger partial charge on any atom is 0.222 e. The van der Waals surface area contributed by atoms with Crippen molar-refractivity contribution in [2.75, 3.05) is 7.11 Å². The van der Waals surface area contributed by atoms with Crippen LogP contribution in [0.4, 0.5) is 0 Å². The molecule has 88 valence electrons. The van der Waals surface area contributed by atoms with Crippen molar-refractivity contribution in [1.82, 2.24) is 4.98 Å². The van der Waals surface area contributed by atoms with Gasteiger partial charge in [-0.1, -0.05) is 12.1 Å². The molecule has 0 spiro atoms. The highest BCUT2D eigenvalue weighted by molar-refractivity contribution is 9.10. The Kier molecular flexibility index (Phi) is 3.64. The molecule has 0 aliphatic rings. The first-order valence-electron chi connectivity index (χ1n) is 5.13. The van der Waals surface area contributed by atoms with Crippen LogP contribution < -0.4 is 9.47 Å². The Morgan fingerprint density at radius 1 is 1.18 bits per heavy atom. The second-order valence-corrected chi connectivity index (χ2v) is 4.44. The summed E-state index contributed by atoms with van der Waals surface area (Å²) < 4.78 is 11.9. The number of rotatable bonds is 3. The molecule has 3 nitrogen and oxygen atoms in total. The van der Waals surface area contributed by atoms with Crippen LogP contribution in [-0.2, 0) is 0 Å². The number of hydrogen-bond acceptors (Lipinski definition) is 3. The van der Waals surface area contributed by atoms with E-state index in [1.54, 1.807) is 13.3 Å². The second kappa shape index (κ2) is 5.19. The first-order chi connectivity index (χ1) is 8.20. The fourth-order valence-electron chi connectivity index (χ4n) is 1.44. The standard InChI is InChI=1S/C13H12BrNO2/c1-9-7-10(14)8-15-13(9)17-12-6-4-3-5-11(12)16-2/h3-8H,1-2H3. The molecule has 0 aliphatic carbocycles. The Morgan fingerprint density at radius 2 is 1.88 bits per heavy atom. The molecule has 0 aliphatic heterocycles. The zero-order chi connectivity index (χ0) is 12.3. The number of nitrogens with zero attached hydrogens (tertiary/aromatic N) is 1. The fourth-order valence-corrected chi connectivity index (χ4v) is 1.89. The lowest BCUT2D eigenvalue weighted by atomic mass is 10.3. The van der Waals surface area contributed by atoms with Gasteiger partial charge in [-0.05, 0) is 41.1 Å². The van der Waals surface area contributed by atoms with Crippen molar-refractivity contribution in [3.63, 3.8) is 0 Å². The Morgan fingerprint density at radius 3 is 2.53 bits per heavy atom. The molecule has 0 radical (unpaired) electrons. The van der Waals surface area contributed by atoms with E-state index in [2.05, 4.69) is 20.9 Å². The summed E-state index contributed by atoms with van der Waals surface area (Å²) in [5.74, 6) is 1.93. The van der Waals surface area contributed by atoms with Crippen LogP contribution >= 0.6 is 15.9 Å². The van der Waals surface area contributed by atoms with Gasteiger partial charge in [0, 0.05) is 16.2 Å². The minimum absolute atomic E-state index is 0.581. The summed E-state index contributed by atoms with van der Waals surface area (Å²) in [5, 5.41) is 0. The molecule has 1 aromatic carbocycles. The minimum Gasteiger partial charge on any atom is -0.493 e. The van der Waals surface area contributed by atoms with Crippen molar-refractivity contribution in [3.05, 3.63) is 46.6 Å². The van der Waals surface area contributed by atoms with Crippen LogP contribution in [0.2, 0.25) is 0 Å². The van der Waals surface area contributed by atoms with E-state index in [-0.39, 0.29) is 0 Å². The second-order valence-electron chi connectivity index (χ2n) is 3.53. The van der Waals surface area contributed by atoms with Crippen molar-refractivity contribution in [2.45, 2.75) is 6.92 Å². The molecule has 2 aromatic rings. The van der Waals surface area contributed by atoms with E-state index in [4.69, 9.17) is 9.47 Å². The van der Waals surface area contributed by atoms with Gasteiger partial charge in [-0.3, -0.25) is 0 Å². The number of pyridine rings is 1. The number of aromatic nitrogens is 1. The van der Waals surface area contributed by atoms with Crippen LogP contribution in [0.3, 0.4) is 0 Å². The molecule has 0 saturated carbocycles. The third kappa shape index (κ3) is 2.77. The zero-order valence-corrected chi connectivity index (χ0v) is 11.2. The van der Waals surface area contributed by atoms with Gasteiger partial charge in [-0.15, -0.1) is 0 Å². The average molecular weight is 294 g/mol. The summed E-state index contributed by atoms with van der Waals surface area (Å²) in [6.07, 6.45) is 1.71. The molecule has 1 aromatic heterocycles. The van der Waals surface area contributed by atoms with Crippen molar-refractivity contribution in [2.24, 2.45) is 0 Å². The monoisotopic (exact) mass is 293 g/mol. The van der Waals surface area contributed by atoms with Crippen molar-refractivity contribution < 1.29 is 9.47 Å². The number of methoxy groups -OCH3 is 1. The maximum absolute atomic E-state index is 5.73. The number of para-hydroxylation sites is 2. The molecule has 0 atom stereocenters. The minimum atomic E-state index is 0.581. The summed E-state index contributed by atoms with van der Waals surface area (Å²) in [6, 6.07) is 9.45. The molecule has 0 unspecified atom stereocenters. The van der Waals surface area contributed by atoms with Gasteiger partial charge >= 0.3 is 0 Å². The van der Waals surface area contributed by atoms with E-state index in [0.717, 1.165) is 10.0 Å². The number of halogens is 1. The van der Waals surface area contributed by atoms with Crippen LogP contribution in [0.15, 0.2) is 41.0 Å². The molecule has 0 saturated heterocycles. The lowest BCUT2D eigenvalue weighted by molar-refractivity contribution is 0.373. The first kappa shape index (κ1) is 11.9. The van der Waals surface area contributed by atoms with E-state index in [1.807, 2.05) is 37.3 Å². The highest BCUT2D eigenvalue weighted by Gasteiger charge is 2.07. The fraction of sp³-hybridized carbons (Fsp3) is 0.154. The topological polar surface area (TPSA) is 31.4 Å². The Bertz CT molecular complexity index is 529. The maximum atomic E-state index is 5.73. The molecular weight excluding hydrogens is 282 g/mol. The van der Waals surface area contributed by atoms with Crippen molar-refractivity contribution in [1.29, 1.82) is 0 Å². The van der Waals surface area contributed by atoms with Crippen LogP contribution in [0.25, 0.3) is 0 Å². The SMILES string of the molecule is COc1ccccc1Oc1ncc(Br)cc1C. The average Bonchev–Trinajstić information content (AvgIpc) is 2.33. The normalized spacial score (nSPS) is 10.1. The molecule has 17 heavy (non-hydrogen) atoms. The highest BCUT2D eigenvalue weighted by atomic mass is 79.9. The summed E-state index contributed by atoms with van der Waals surface area (Å²) in [4.78, 5) is 4.22. The van der Waals surface area contributed by atoms with E-state index in [9.17, 15) is 0 Å². The van der Waals surface area contributed by atoms with E-state index < -0.39 is 0 Å². The molecule has 0 N–H and O–H groups in total. The summed E-state index contributed by atoms with van der Waals surface area (Å²) in [5.41, 5.74) is 0.963. The smallest absolute Gasteiger partial charge is 0.222 e. The van der Waals surface area contributed by atoms with E-state index in [1.165, 1.54) is 0 Å². The first-order valence-corrected chi connectivity index (χ1v) is 5.93. The van der Waals surface area contributed by atoms with Gasteiger partial charge < -0.3 is 9.47 Å².